The molecule has 3 N–H and O–H groups in total. The lowest BCUT2D eigenvalue weighted by atomic mass is 10.2. The summed E-state index contributed by atoms with van der Waals surface area (Å²) < 4.78 is 5.12. The molecule has 0 spiro atoms. The zero-order valence-corrected chi connectivity index (χ0v) is 10.6. The van der Waals surface area contributed by atoms with E-state index in [2.05, 4.69) is 5.32 Å². The first-order chi connectivity index (χ1) is 8.74. The fraction of sp³-hybridized carbons (Fsp3) is 0.462. The summed E-state index contributed by atoms with van der Waals surface area (Å²) in [5, 5.41) is 2.87. The number of methoxy groups -OCH3 is 1. The Morgan fingerprint density at radius 2 is 2.44 bits per heavy atom. The number of urea groups is 1. The van der Waals surface area contributed by atoms with E-state index in [1.54, 1.807) is 18.1 Å². The molecule has 98 valence electrons. The van der Waals surface area contributed by atoms with E-state index in [0.717, 1.165) is 30.8 Å². The molecule has 0 aliphatic carbocycles. The van der Waals surface area contributed by atoms with Gasteiger partial charge in [-0.1, -0.05) is 6.07 Å². The van der Waals surface area contributed by atoms with Gasteiger partial charge in [0.2, 0.25) is 0 Å². The van der Waals surface area contributed by atoms with Crippen LogP contribution in [-0.4, -0.2) is 37.2 Å². The summed E-state index contributed by atoms with van der Waals surface area (Å²) in [7, 11) is 1.60. The SMILES string of the molecule is COc1cccc(NC(=O)N2CCCC2CN)c1. The summed E-state index contributed by atoms with van der Waals surface area (Å²) in [6.07, 6.45) is 2.01. The van der Waals surface area contributed by atoms with Crippen molar-refractivity contribution in [1.82, 2.24) is 4.90 Å². The van der Waals surface area contributed by atoms with Gasteiger partial charge in [0.15, 0.2) is 0 Å². The van der Waals surface area contributed by atoms with Crippen molar-refractivity contribution in [2.45, 2.75) is 18.9 Å². The molecule has 1 heterocycles. The fourth-order valence-corrected chi connectivity index (χ4v) is 2.24. The number of nitrogens with two attached hydrogens (primary N) is 1. The first kappa shape index (κ1) is 12.7. The quantitative estimate of drug-likeness (QED) is 0.856. The largest absolute Gasteiger partial charge is 0.497 e. The van der Waals surface area contributed by atoms with Crippen molar-refractivity contribution in [2.24, 2.45) is 5.73 Å². The van der Waals surface area contributed by atoms with E-state index in [9.17, 15) is 4.79 Å². The molecular weight excluding hydrogens is 230 g/mol. The number of nitrogens with zero attached hydrogens (tertiary/aromatic N) is 1. The van der Waals surface area contributed by atoms with E-state index in [4.69, 9.17) is 10.5 Å². The van der Waals surface area contributed by atoms with Crippen molar-refractivity contribution < 1.29 is 9.53 Å². The molecule has 5 heteroatoms. The van der Waals surface area contributed by atoms with E-state index in [-0.39, 0.29) is 12.1 Å². The molecule has 1 aromatic rings. The van der Waals surface area contributed by atoms with Gasteiger partial charge in [-0.15, -0.1) is 0 Å². The number of carbonyl (C=O) groups excluding carboxylic acids is 1. The first-order valence-corrected chi connectivity index (χ1v) is 6.16. The van der Waals surface area contributed by atoms with E-state index in [0.29, 0.717) is 6.54 Å². The van der Waals surface area contributed by atoms with E-state index in [1.165, 1.54) is 0 Å². The molecule has 5 nitrogen and oxygen atoms in total. The highest BCUT2D eigenvalue weighted by atomic mass is 16.5. The second-order valence-electron chi connectivity index (χ2n) is 4.39. The van der Waals surface area contributed by atoms with Gasteiger partial charge in [-0.2, -0.15) is 0 Å². The van der Waals surface area contributed by atoms with Crippen LogP contribution in [0, 0.1) is 0 Å². The molecule has 1 saturated heterocycles. The highest BCUT2D eigenvalue weighted by Crippen LogP contribution is 2.20. The van der Waals surface area contributed by atoms with Crippen molar-refractivity contribution in [1.29, 1.82) is 0 Å². The number of benzene rings is 1. The normalized spacial score (nSPS) is 18.8. The summed E-state index contributed by atoms with van der Waals surface area (Å²) in [5.41, 5.74) is 6.40. The number of likely N-dealkylation sites (tertiary alicyclic amines) is 1. The first-order valence-electron chi connectivity index (χ1n) is 6.16. The van der Waals surface area contributed by atoms with Gasteiger partial charge in [0.25, 0.3) is 0 Å². The van der Waals surface area contributed by atoms with Crippen LogP contribution in [0.15, 0.2) is 24.3 Å². The van der Waals surface area contributed by atoms with Crippen LogP contribution in [0.5, 0.6) is 5.75 Å². The van der Waals surface area contributed by atoms with Crippen molar-refractivity contribution in [3.8, 4) is 5.75 Å². The third kappa shape index (κ3) is 2.73. The molecule has 18 heavy (non-hydrogen) atoms. The van der Waals surface area contributed by atoms with Gasteiger partial charge in [0, 0.05) is 30.9 Å². The highest BCUT2D eigenvalue weighted by Gasteiger charge is 2.27. The van der Waals surface area contributed by atoms with Gasteiger partial charge >= 0.3 is 6.03 Å². The molecule has 1 aliphatic heterocycles. The molecular formula is C13H19N3O2. The van der Waals surface area contributed by atoms with Crippen LogP contribution < -0.4 is 15.8 Å². The Hall–Kier alpha value is -1.75. The third-order valence-corrected chi connectivity index (χ3v) is 3.23. The van der Waals surface area contributed by atoms with E-state index < -0.39 is 0 Å². The highest BCUT2D eigenvalue weighted by molar-refractivity contribution is 5.89. The van der Waals surface area contributed by atoms with Crippen LogP contribution in [0.25, 0.3) is 0 Å². The molecule has 0 saturated carbocycles. The summed E-state index contributed by atoms with van der Waals surface area (Å²) >= 11 is 0. The van der Waals surface area contributed by atoms with Crippen LogP contribution in [-0.2, 0) is 0 Å². The minimum atomic E-state index is -0.0868. The number of hydrogen-bond acceptors (Lipinski definition) is 3. The van der Waals surface area contributed by atoms with Gasteiger partial charge in [-0.25, -0.2) is 4.79 Å². The van der Waals surface area contributed by atoms with Crippen LogP contribution in [0.4, 0.5) is 10.5 Å². The van der Waals surface area contributed by atoms with Crippen molar-refractivity contribution in [3.63, 3.8) is 0 Å². The Morgan fingerprint density at radius 1 is 1.61 bits per heavy atom. The monoisotopic (exact) mass is 249 g/mol. The molecule has 0 radical (unpaired) electrons. The van der Waals surface area contributed by atoms with Crippen LogP contribution in [0.3, 0.4) is 0 Å². The number of hydrogen-bond donors (Lipinski definition) is 2. The average molecular weight is 249 g/mol. The van der Waals surface area contributed by atoms with Crippen LogP contribution >= 0.6 is 0 Å². The predicted octanol–water partition coefficient (Wildman–Crippen LogP) is 1.65. The lowest BCUT2D eigenvalue weighted by Gasteiger charge is -2.23. The average Bonchev–Trinajstić information content (AvgIpc) is 2.87. The molecule has 0 aromatic heterocycles. The predicted molar refractivity (Wildman–Crippen MR) is 70.8 cm³/mol. The molecule has 2 rings (SSSR count). The maximum atomic E-state index is 12.1. The number of amides is 2. The number of ether oxygens (including phenoxy) is 1. The van der Waals surface area contributed by atoms with Gasteiger partial charge in [0.1, 0.15) is 5.75 Å². The molecule has 1 unspecified atom stereocenters. The summed E-state index contributed by atoms with van der Waals surface area (Å²) in [6, 6.07) is 7.40. The zero-order chi connectivity index (χ0) is 13.0. The molecule has 1 atom stereocenters. The number of nitrogens with one attached hydrogen (secondary N) is 1. The standard InChI is InChI=1S/C13H19N3O2/c1-18-12-6-2-4-10(8-12)15-13(17)16-7-3-5-11(16)9-14/h2,4,6,8,11H,3,5,7,9,14H2,1H3,(H,15,17). The second kappa shape index (κ2) is 5.73. The van der Waals surface area contributed by atoms with E-state index in [1.807, 2.05) is 18.2 Å². The lowest BCUT2D eigenvalue weighted by Crippen LogP contribution is -2.42. The second-order valence-corrected chi connectivity index (χ2v) is 4.39. The molecule has 1 aliphatic rings. The minimum absolute atomic E-state index is 0.0868. The van der Waals surface area contributed by atoms with Crippen molar-refractivity contribution in [3.05, 3.63) is 24.3 Å². The summed E-state index contributed by atoms with van der Waals surface area (Å²) in [5.74, 6) is 0.726. The van der Waals surface area contributed by atoms with Gasteiger partial charge < -0.3 is 20.7 Å². The Morgan fingerprint density at radius 3 is 3.17 bits per heavy atom. The van der Waals surface area contributed by atoms with Crippen molar-refractivity contribution in [2.75, 3.05) is 25.5 Å². The molecule has 1 aromatic carbocycles. The van der Waals surface area contributed by atoms with Gasteiger partial charge in [-0.05, 0) is 25.0 Å². The number of anilines is 1. The smallest absolute Gasteiger partial charge is 0.322 e. The lowest BCUT2D eigenvalue weighted by molar-refractivity contribution is 0.208. The Labute approximate surface area is 107 Å². The zero-order valence-electron chi connectivity index (χ0n) is 10.6. The van der Waals surface area contributed by atoms with E-state index >= 15 is 0 Å². The Kier molecular flexibility index (Phi) is 4.04. The maximum absolute atomic E-state index is 12.1. The third-order valence-electron chi connectivity index (χ3n) is 3.23. The number of rotatable bonds is 3. The van der Waals surface area contributed by atoms with Crippen LogP contribution in [0.1, 0.15) is 12.8 Å². The molecule has 0 bridgehead atoms. The number of carbonyl (C=O) groups is 1. The Balaban J connectivity index is 2.02. The maximum Gasteiger partial charge on any atom is 0.322 e. The molecule has 2 amide bonds. The minimum Gasteiger partial charge on any atom is -0.497 e. The summed E-state index contributed by atoms with van der Waals surface area (Å²) in [4.78, 5) is 13.9. The van der Waals surface area contributed by atoms with Crippen LogP contribution in [0.2, 0.25) is 0 Å². The topological polar surface area (TPSA) is 67.6 Å². The summed E-state index contributed by atoms with van der Waals surface area (Å²) in [6.45, 7) is 1.29. The fourth-order valence-electron chi connectivity index (χ4n) is 2.24. The van der Waals surface area contributed by atoms with Crippen molar-refractivity contribution >= 4 is 11.7 Å². The van der Waals surface area contributed by atoms with Gasteiger partial charge in [-0.3, -0.25) is 0 Å². The molecule has 1 fully saturated rings. The van der Waals surface area contributed by atoms with Gasteiger partial charge in [0.05, 0.1) is 7.11 Å². The Bertz CT molecular complexity index is 422.